The average Bonchev–Trinajstić information content (AvgIpc) is 2.21. The van der Waals surface area contributed by atoms with Crippen LogP contribution in [0.4, 0.5) is 0 Å². The first-order valence-corrected chi connectivity index (χ1v) is 5.20. The summed E-state index contributed by atoms with van der Waals surface area (Å²) in [4.78, 5) is 11.8. The molecule has 0 atom stereocenters. The van der Waals surface area contributed by atoms with Crippen LogP contribution in [0.2, 0.25) is 0 Å². The van der Waals surface area contributed by atoms with Crippen LogP contribution in [0.3, 0.4) is 0 Å². The fourth-order valence-electron chi connectivity index (χ4n) is 1.13. The van der Waals surface area contributed by atoms with Gasteiger partial charge >= 0.3 is 0 Å². The van der Waals surface area contributed by atoms with E-state index in [4.69, 9.17) is 5.11 Å². The molecule has 4 nitrogen and oxygen atoms in total. The van der Waals surface area contributed by atoms with E-state index in [0.29, 0.717) is 5.56 Å². The summed E-state index contributed by atoms with van der Waals surface area (Å²) in [7, 11) is 0. The zero-order chi connectivity index (χ0) is 12.3. The van der Waals surface area contributed by atoms with Gasteiger partial charge in [0.25, 0.3) is 5.91 Å². The summed E-state index contributed by atoms with van der Waals surface area (Å²) >= 11 is 0. The van der Waals surface area contributed by atoms with E-state index in [0.717, 1.165) is 6.42 Å². The van der Waals surface area contributed by atoms with Gasteiger partial charge in [0.05, 0.1) is 0 Å². The first-order chi connectivity index (χ1) is 7.35. The quantitative estimate of drug-likeness (QED) is 0.686. The number of rotatable bonds is 3. The Bertz CT molecular complexity index is 399. The van der Waals surface area contributed by atoms with E-state index in [-0.39, 0.29) is 22.9 Å². The SMILES string of the molecule is CCC(C)(C)NC(=O)c1ccc(O)c(O)c1. The molecule has 1 aromatic carbocycles. The third-order valence-electron chi connectivity index (χ3n) is 2.57. The lowest BCUT2D eigenvalue weighted by atomic mass is 10.0. The van der Waals surface area contributed by atoms with Crippen LogP contribution in [0.5, 0.6) is 11.5 Å². The molecule has 0 unspecified atom stereocenters. The monoisotopic (exact) mass is 223 g/mol. The topological polar surface area (TPSA) is 69.6 Å². The van der Waals surface area contributed by atoms with Crippen LogP contribution in [0.1, 0.15) is 37.6 Å². The normalized spacial score (nSPS) is 11.2. The minimum atomic E-state index is -0.290. The lowest BCUT2D eigenvalue weighted by Gasteiger charge is -2.24. The number of nitrogens with one attached hydrogen (secondary N) is 1. The van der Waals surface area contributed by atoms with Crippen LogP contribution < -0.4 is 5.32 Å². The van der Waals surface area contributed by atoms with Gasteiger partial charge in [-0.05, 0) is 38.5 Å². The van der Waals surface area contributed by atoms with Gasteiger partial charge in [0.15, 0.2) is 11.5 Å². The fraction of sp³-hybridized carbons (Fsp3) is 0.417. The third kappa shape index (κ3) is 2.89. The molecule has 0 aliphatic rings. The van der Waals surface area contributed by atoms with Crippen molar-refractivity contribution in [3.8, 4) is 11.5 Å². The Balaban J connectivity index is 2.85. The lowest BCUT2D eigenvalue weighted by Crippen LogP contribution is -2.42. The van der Waals surface area contributed by atoms with Gasteiger partial charge in [-0.1, -0.05) is 6.92 Å². The Kier molecular flexibility index (Phi) is 3.42. The molecule has 0 aromatic heterocycles. The van der Waals surface area contributed by atoms with Crippen molar-refractivity contribution in [1.82, 2.24) is 5.32 Å². The minimum absolute atomic E-state index is 0.230. The average molecular weight is 223 g/mol. The van der Waals surface area contributed by atoms with Crippen LogP contribution in [0, 0.1) is 0 Å². The third-order valence-corrected chi connectivity index (χ3v) is 2.57. The maximum absolute atomic E-state index is 11.8. The van der Waals surface area contributed by atoms with E-state index in [9.17, 15) is 9.90 Å². The highest BCUT2D eigenvalue weighted by Crippen LogP contribution is 2.25. The maximum Gasteiger partial charge on any atom is 0.251 e. The molecule has 88 valence electrons. The largest absolute Gasteiger partial charge is 0.504 e. The summed E-state index contributed by atoms with van der Waals surface area (Å²) in [6.45, 7) is 5.82. The molecule has 16 heavy (non-hydrogen) atoms. The van der Waals surface area contributed by atoms with E-state index in [2.05, 4.69) is 5.32 Å². The molecule has 0 aliphatic carbocycles. The highest BCUT2D eigenvalue weighted by atomic mass is 16.3. The van der Waals surface area contributed by atoms with Gasteiger partial charge in [-0.25, -0.2) is 0 Å². The molecule has 1 rings (SSSR count). The van der Waals surface area contributed by atoms with Gasteiger partial charge in [-0.2, -0.15) is 0 Å². The van der Waals surface area contributed by atoms with Crippen molar-refractivity contribution in [3.05, 3.63) is 23.8 Å². The first-order valence-electron chi connectivity index (χ1n) is 5.20. The van der Waals surface area contributed by atoms with E-state index < -0.39 is 0 Å². The Morgan fingerprint density at radius 1 is 1.31 bits per heavy atom. The van der Waals surface area contributed by atoms with Crippen molar-refractivity contribution < 1.29 is 15.0 Å². The number of hydrogen-bond acceptors (Lipinski definition) is 3. The maximum atomic E-state index is 11.8. The smallest absolute Gasteiger partial charge is 0.251 e. The van der Waals surface area contributed by atoms with Crippen LogP contribution >= 0.6 is 0 Å². The van der Waals surface area contributed by atoms with E-state index >= 15 is 0 Å². The molecular formula is C12H17NO3. The number of hydrogen-bond donors (Lipinski definition) is 3. The van der Waals surface area contributed by atoms with Crippen molar-refractivity contribution in [3.63, 3.8) is 0 Å². The summed E-state index contributed by atoms with van der Waals surface area (Å²) in [5.41, 5.74) is 0.0433. The number of benzene rings is 1. The van der Waals surface area contributed by atoms with Gasteiger partial charge in [0.2, 0.25) is 0 Å². The number of carbonyl (C=O) groups is 1. The molecule has 1 aromatic rings. The molecule has 0 aliphatic heterocycles. The first kappa shape index (κ1) is 12.4. The Hall–Kier alpha value is -1.71. The summed E-state index contributed by atoms with van der Waals surface area (Å²) in [6, 6.07) is 4.01. The minimum Gasteiger partial charge on any atom is -0.504 e. The molecule has 0 saturated heterocycles. The highest BCUT2D eigenvalue weighted by molar-refractivity contribution is 5.95. The predicted molar refractivity (Wildman–Crippen MR) is 61.6 cm³/mol. The summed E-state index contributed by atoms with van der Waals surface area (Å²) in [6.07, 6.45) is 0.808. The van der Waals surface area contributed by atoms with E-state index in [1.807, 2.05) is 20.8 Å². The molecule has 0 heterocycles. The molecule has 0 saturated carbocycles. The van der Waals surface area contributed by atoms with Crippen LogP contribution in [0.15, 0.2) is 18.2 Å². The molecule has 0 fully saturated rings. The molecule has 1 amide bonds. The van der Waals surface area contributed by atoms with Crippen molar-refractivity contribution in [2.24, 2.45) is 0 Å². The molecule has 0 radical (unpaired) electrons. The van der Waals surface area contributed by atoms with Gasteiger partial charge in [0.1, 0.15) is 0 Å². The van der Waals surface area contributed by atoms with Crippen molar-refractivity contribution in [2.75, 3.05) is 0 Å². The molecule has 4 heteroatoms. The second-order valence-electron chi connectivity index (χ2n) is 4.40. The Morgan fingerprint density at radius 2 is 1.94 bits per heavy atom. The van der Waals surface area contributed by atoms with Gasteiger partial charge < -0.3 is 15.5 Å². The summed E-state index contributed by atoms with van der Waals surface area (Å²) in [5, 5.41) is 21.2. The number of carbonyl (C=O) groups excluding carboxylic acids is 1. The highest BCUT2D eigenvalue weighted by Gasteiger charge is 2.19. The summed E-state index contributed by atoms with van der Waals surface area (Å²) < 4.78 is 0. The van der Waals surface area contributed by atoms with Gasteiger partial charge in [-0.15, -0.1) is 0 Å². The van der Waals surface area contributed by atoms with Crippen molar-refractivity contribution >= 4 is 5.91 Å². The van der Waals surface area contributed by atoms with Gasteiger partial charge in [-0.3, -0.25) is 4.79 Å². The second kappa shape index (κ2) is 4.43. The van der Waals surface area contributed by atoms with Gasteiger partial charge in [0, 0.05) is 11.1 Å². The molecule has 0 bridgehead atoms. The second-order valence-corrected chi connectivity index (χ2v) is 4.40. The zero-order valence-electron chi connectivity index (χ0n) is 9.74. The van der Waals surface area contributed by atoms with Crippen LogP contribution in [-0.2, 0) is 0 Å². The standard InChI is InChI=1S/C12H17NO3/c1-4-12(2,3)13-11(16)8-5-6-9(14)10(15)7-8/h5-7,14-15H,4H2,1-3H3,(H,13,16). The van der Waals surface area contributed by atoms with E-state index in [1.165, 1.54) is 18.2 Å². The predicted octanol–water partition coefficient (Wildman–Crippen LogP) is 2.02. The number of phenolic OH excluding ortho intramolecular Hbond substituents is 2. The Morgan fingerprint density at radius 3 is 2.44 bits per heavy atom. The zero-order valence-corrected chi connectivity index (χ0v) is 9.74. The number of amides is 1. The number of aromatic hydroxyl groups is 2. The molecule has 3 N–H and O–H groups in total. The number of phenols is 2. The summed E-state index contributed by atoms with van der Waals surface area (Å²) in [5.74, 6) is -0.782. The van der Waals surface area contributed by atoms with Crippen molar-refractivity contribution in [1.29, 1.82) is 0 Å². The molecular weight excluding hydrogens is 206 g/mol. The molecule has 0 spiro atoms. The lowest BCUT2D eigenvalue weighted by molar-refractivity contribution is 0.0911. The van der Waals surface area contributed by atoms with Crippen LogP contribution in [0.25, 0.3) is 0 Å². The van der Waals surface area contributed by atoms with E-state index in [1.54, 1.807) is 0 Å². The van der Waals surface area contributed by atoms with Crippen LogP contribution in [-0.4, -0.2) is 21.7 Å². The van der Waals surface area contributed by atoms with Crippen molar-refractivity contribution in [2.45, 2.75) is 32.7 Å². The Labute approximate surface area is 94.9 Å². The fourth-order valence-corrected chi connectivity index (χ4v) is 1.13.